The number of hydrogen-bond acceptors (Lipinski definition) is 1. The Labute approximate surface area is 49.0 Å². The molecule has 0 bridgehead atoms. The first-order valence-electron chi connectivity index (χ1n) is 2.60. The van der Waals surface area contributed by atoms with E-state index in [1.54, 1.807) is 13.8 Å². The second-order valence-electron chi connectivity index (χ2n) is 2.50. The lowest BCUT2D eigenvalue weighted by Gasteiger charge is -2.13. The minimum absolute atomic E-state index is 0.285. The van der Waals surface area contributed by atoms with Crippen LogP contribution in [0.3, 0.4) is 0 Å². The summed E-state index contributed by atoms with van der Waals surface area (Å²) in [5, 5.41) is 0. The lowest BCUT2D eigenvalue weighted by Crippen LogP contribution is -2.59. The summed E-state index contributed by atoms with van der Waals surface area (Å²) in [6.07, 6.45) is 0. The molecule has 0 unspecified atom stereocenters. The number of quaternary nitrogens is 1. The van der Waals surface area contributed by atoms with Crippen LogP contribution in [0.4, 0.5) is 0 Å². The summed E-state index contributed by atoms with van der Waals surface area (Å²) in [4.78, 5) is 10.4. The van der Waals surface area contributed by atoms with Crippen LogP contribution < -0.4 is 11.5 Å². The van der Waals surface area contributed by atoms with Crippen LogP contribution in [0.2, 0.25) is 0 Å². The third kappa shape index (κ3) is 1.50. The van der Waals surface area contributed by atoms with Crippen molar-refractivity contribution in [3.05, 3.63) is 0 Å². The first-order chi connectivity index (χ1) is 3.50. The van der Waals surface area contributed by atoms with Crippen molar-refractivity contribution in [3.63, 3.8) is 0 Å². The van der Waals surface area contributed by atoms with E-state index in [0.717, 1.165) is 0 Å². The van der Waals surface area contributed by atoms with Gasteiger partial charge in [0, 0.05) is 0 Å². The smallest absolute Gasteiger partial charge is 0.228 e. The summed E-state index contributed by atoms with van der Waals surface area (Å²) in [6, 6.07) is 0. The Kier molecular flexibility index (Phi) is 1.98. The fraction of sp³-hybridized carbons (Fsp3) is 0.800. The van der Waals surface area contributed by atoms with Gasteiger partial charge in [-0.1, -0.05) is 0 Å². The molecular formula is C5H13N2O+. The maximum absolute atomic E-state index is 10.4. The fourth-order valence-electron chi connectivity index (χ4n) is 0.123. The Morgan fingerprint density at radius 2 is 2.12 bits per heavy atom. The minimum Gasteiger partial charge on any atom is -0.369 e. The predicted molar refractivity (Wildman–Crippen MR) is 30.7 cm³/mol. The van der Waals surface area contributed by atoms with E-state index in [1.807, 2.05) is 0 Å². The van der Waals surface area contributed by atoms with Gasteiger partial charge in [0.1, 0.15) is 0 Å². The Bertz CT molecular complexity index is 98.6. The number of rotatable bonds is 2. The highest BCUT2D eigenvalue weighted by molar-refractivity contribution is 5.79. The third-order valence-corrected chi connectivity index (χ3v) is 1.29. The number of carbonyl (C=O) groups excluding carboxylic acids is 1. The first-order valence-corrected chi connectivity index (χ1v) is 2.60. The molecular weight excluding hydrogens is 104 g/mol. The molecule has 0 aromatic carbocycles. The van der Waals surface area contributed by atoms with Crippen molar-refractivity contribution in [2.45, 2.75) is 13.8 Å². The summed E-state index contributed by atoms with van der Waals surface area (Å²) >= 11 is 0. The average molecular weight is 117 g/mol. The quantitative estimate of drug-likeness (QED) is 0.465. The van der Waals surface area contributed by atoms with Crippen molar-refractivity contribution >= 4 is 5.91 Å². The van der Waals surface area contributed by atoms with Gasteiger partial charge in [-0.05, 0) is 13.8 Å². The van der Waals surface area contributed by atoms with E-state index >= 15 is 0 Å². The fourth-order valence-corrected chi connectivity index (χ4v) is 0.123. The lowest BCUT2D eigenvalue weighted by atomic mass is 9.93. The molecule has 1 amide bonds. The molecule has 0 aromatic rings. The largest absolute Gasteiger partial charge is 0.369 e. The molecule has 3 nitrogen and oxygen atoms in total. The van der Waals surface area contributed by atoms with E-state index in [4.69, 9.17) is 5.73 Å². The summed E-state index contributed by atoms with van der Waals surface area (Å²) < 4.78 is 0. The van der Waals surface area contributed by atoms with Gasteiger partial charge in [0.25, 0.3) is 0 Å². The van der Waals surface area contributed by atoms with Crippen LogP contribution in [0, 0.1) is 5.41 Å². The Morgan fingerprint density at radius 3 is 2.12 bits per heavy atom. The molecule has 48 valence electrons. The number of hydrogen-bond donors (Lipinski definition) is 2. The molecule has 3 heteroatoms. The molecule has 0 fully saturated rings. The van der Waals surface area contributed by atoms with Crippen molar-refractivity contribution in [3.8, 4) is 0 Å². The van der Waals surface area contributed by atoms with Crippen molar-refractivity contribution in [2.75, 3.05) is 6.54 Å². The van der Waals surface area contributed by atoms with Crippen LogP contribution in [-0.2, 0) is 4.79 Å². The van der Waals surface area contributed by atoms with Gasteiger partial charge in [-0.3, -0.25) is 4.79 Å². The predicted octanol–water partition coefficient (Wildman–Crippen LogP) is -1.26. The number of primary amides is 1. The molecule has 0 saturated carbocycles. The molecule has 5 N–H and O–H groups in total. The van der Waals surface area contributed by atoms with E-state index in [2.05, 4.69) is 5.73 Å². The zero-order chi connectivity index (χ0) is 6.78. The van der Waals surface area contributed by atoms with Crippen LogP contribution in [0.25, 0.3) is 0 Å². The van der Waals surface area contributed by atoms with Gasteiger partial charge in [-0.2, -0.15) is 0 Å². The van der Waals surface area contributed by atoms with Crippen molar-refractivity contribution in [2.24, 2.45) is 11.1 Å². The van der Waals surface area contributed by atoms with Crippen LogP contribution >= 0.6 is 0 Å². The highest BCUT2D eigenvalue weighted by Crippen LogP contribution is 2.08. The Hall–Kier alpha value is -0.570. The number of carbonyl (C=O) groups is 1. The van der Waals surface area contributed by atoms with E-state index < -0.39 is 5.41 Å². The van der Waals surface area contributed by atoms with Gasteiger partial charge in [-0.15, -0.1) is 0 Å². The second-order valence-corrected chi connectivity index (χ2v) is 2.50. The Balaban J connectivity index is 3.91. The van der Waals surface area contributed by atoms with Crippen molar-refractivity contribution < 1.29 is 10.5 Å². The van der Waals surface area contributed by atoms with Crippen LogP contribution in [0.1, 0.15) is 13.8 Å². The summed E-state index contributed by atoms with van der Waals surface area (Å²) in [6.45, 7) is 4.12. The maximum atomic E-state index is 10.4. The average Bonchev–Trinajstić information content (AvgIpc) is 1.67. The molecule has 0 rings (SSSR count). The topological polar surface area (TPSA) is 70.7 Å². The van der Waals surface area contributed by atoms with E-state index in [9.17, 15) is 4.79 Å². The van der Waals surface area contributed by atoms with E-state index in [-0.39, 0.29) is 5.91 Å². The van der Waals surface area contributed by atoms with Crippen molar-refractivity contribution in [1.29, 1.82) is 0 Å². The molecule has 0 aromatic heterocycles. The zero-order valence-corrected chi connectivity index (χ0v) is 5.40. The molecule has 0 spiro atoms. The molecule has 0 atom stereocenters. The number of amides is 1. The Morgan fingerprint density at radius 1 is 1.75 bits per heavy atom. The monoisotopic (exact) mass is 117 g/mol. The maximum Gasteiger partial charge on any atom is 0.228 e. The lowest BCUT2D eigenvalue weighted by molar-refractivity contribution is -0.384. The normalized spacial score (nSPS) is 11.4. The van der Waals surface area contributed by atoms with E-state index in [0.29, 0.717) is 6.54 Å². The molecule has 0 radical (unpaired) electrons. The highest BCUT2D eigenvalue weighted by atomic mass is 16.1. The molecule has 0 aliphatic carbocycles. The van der Waals surface area contributed by atoms with Crippen molar-refractivity contribution in [1.82, 2.24) is 0 Å². The third-order valence-electron chi connectivity index (χ3n) is 1.29. The SMILES string of the molecule is CC(C)(C[NH3+])C(N)=O. The van der Waals surface area contributed by atoms with Gasteiger partial charge in [0.2, 0.25) is 5.91 Å². The van der Waals surface area contributed by atoms with Gasteiger partial charge in [0.05, 0.1) is 12.0 Å². The zero-order valence-electron chi connectivity index (χ0n) is 5.40. The summed E-state index contributed by atoms with van der Waals surface area (Å²) in [7, 11) is 0. The summed E-state index contributed by atoms with van der Waals surface area (Å²) in [5.41, 5.74) is 8.15. The standard InChI is InChI=1S/C5H12N2O/c1-5(2,3-6)4(7)8/h3,6H2,1-2H3,(H2,7,8)/p+1. The van der Waals surface area contributed by atoms with Gasteiger partial charge in [-0.25, -0.2) is 0 Å². The van der Waals surface area contributed by atoms with E-state index in [1.165, 1.54) is 0 Å². The number of nitrogens with two attached hydrogens (primary N) is 1. The molecule has 0 aliphatic heterocycles. The first kappa shape index (κ1) is 7.43. The van der Waals surface area contributed by atoms with Gasteiger partial charge < -0.3 is 11.5 Å². The van der Waals surface area contributed by atoms with Gasteiger partial charge >= 0.3 is 0 Å². The van der Waals surface area contributed by atoms with Crippen LogP contribution in [-0.4, -0.2) is 12.5 Å². The molecule has 0 saturated heterocycles. The molecule has 8 heavy (non-hydrogen) atoms. The summed E-state index contributed by atoms with van der Waals surface area (Å²) in [5.74, 6) is -0.285. The van der Waals surface area contributed by atoms with Crippen LogP contribution in [0.15, 0.2) is 0 Å². The highest BCUT2D eigenvalue weighted by Gasteiger charge is 2.24. The van der Waals surface area contributed by atoms with Gasteiger partial charge in [0.15, 0.2) is 0 Å². The minimum atomic E-state index is -0.431. The molecule has 0 aliphatic rings. The second kappa shape index (κ2) is 2.13. The molecule has 0 heterocycles. The van der Waals surface area contributed by atoms with Crippen LogP contribution in [0.5, 0.6) is 0 Å².